The lowest BCUT2D eigenvalue weighted by Gasteiger charge is -2.33. The van der Waals surface area contributed by atoms with Gasteiger partial charge in [-0.25, -0.2) is 0 Å². The predicted molar refractivity (Wildman–Crippen MR) is 120 cm³/mol. The van der Waals surface area contributed by atoms with Gasteiger partial charge in [-0.1, -0.05) is 48.0 Å². The van der Waals surface area contributed by atoms with Crippen LogP contribution in [0.1, 0.15) is 28.8 Å². The molecule has 1 unspecified atom stereocenters. The molecular weight excluding hydrogens is 388 g/mol. The molecule has 0 saturated carbocycles. The van der Waals surface area contributed by atoms with Crippen molar-refractivity contribution in [1.29, 1.82) is 0 Å². The maximum absolute atomic E-state index is 12.6. The number of benzene rings is 2. The molecule has 2 aromatic heterocycles. The smallest absolute Gasteiger partial charge is 0.251 e. The molecule has 1 saturated heterocycles. The minimum Gasteiger partial charge on any atom is -0.353 e. The standard InChI is InChI=1S/C24H24N6O/c1-17-9-11-19(12-10-17)24(31)25-20-8-5-15-29(16-20)22-14-13-21-26-27-23(30(21)28-22)18-6-3-2-4-7-18/h2-4,6-7,9-14,20H,5,8,15-16H2,1H3,(H,25,31). The van der Waals surface area contributed by atoms with Gasteiger partial charge in [0.2, 0.25) is 0 Å². The van der Waals surface area contributed by atoms with E-state index in [1.807, 2.05) is 73.7 Å². The van der Waals surface area contributed by atoms with E-state index < -0.39 is 0 Å². The minimum absolute atomic E-state index is 0.0274. The van der Waals surface area contributed by atoms with Gasteiger partial charge in [0.15, 0.2) is 11.5 Å². The van der Waals surface area contributed by atoms with Crippen molar-refractivity contribution >= 4 is 17.4 Å². The SMILES string of the molecule is Cc1ccc(C(=O)NC2CCCN(c3ccc4nnc(-c5ccccc5)n4n3)C2)cc1. The van der Waals surface area contributed by atoms with Gasteiger partial charge >= 0.3 is 0 Å². The molecular formula is C24H24N6O. The van der Waals surface area contributed by atoms with Crippen molar-refractivity contribution in [3.05, 3.63) is 77.9 Å². The first kappa shape index (κ1) is 19.2. The molecule has 0 aliphatic carbocycles. The number of nitrogens with one attached hydrogen (secondary N) is 1. The first-order valence-electron chi connectivity index (χ1n) is 10.6. The van der Waals surface area contributed by atoms with Crippen LogP contribution in [-0.4, -0.2) is 44.8 Å². The summed E-state index contributed by atoms with van der Waals surface area (Å²) >= 11 is 0. The summed E-state index contributed by atoms with van der Waals surface area (Å²) in [6.45, 7) is 3.64. The quantitative estimate of drug-likeness (QED) is 0.555. The zero-order valence-corrected chi connectivity index (χ0v) is 17.4. The lowest BCUT2D eigenvalue weighted by Crippen LogP contribution is -2.48. The molecule has 7 heteroatoms. The molecule has 1 fully saturated rings. The Hall–Kier alpha value is -3.74. The van der Waals surface area contributed by atoms with E-state index >= 15 is 0 Å². The van der Waals surface area contributed by atoms with E-state index in [1.54, 1.807) is 4.52 Å². The van der Waals surface area contributed by atoms with Gasteiger partial charge in [-0.3, -0.25) is 4.79 Å². The highest BCUT2D eigenvalue weighted by atomic mass is 16.1. The van der Waals surface area contributed by atoms with Gasteiger partial charge in [0.25, 0.3) is 5.91 Å². The van der Waals surface area contributed by atoms with E-state index in [0.717, 1.165) is 48.7 Å². The molecule has 31 heavy (non-hydrogen) atoms. The van der Waals surface area contributed by atoms with Crippen LogP contribution in [0.25, 0.3) is 17.0 Å². The summed E-state index contributed by atoms with van der Waals surface area (Å²) in [5.74, 6) is 1.55. The Morgan fingerprint density at radius 2 is 1.81 bits per heavy atom. The average Bonchev–Trinajstić information content (AvgIpc) is 3.23. The van der Waals surface area contributed by atoms with Gasteiger partial charge < -0.3 is 10.2 Å². The Labute approximate surface area is 180 Å². The highest BCUT2D eigenvalue weighted by Crippen LogP contribution is 2.22. The molecule has 1 aliphatic rings. The predicted octanol–water partition coefficient (Wildman–Crippen LogP) is 3.50. The van der Waals surface area contributed by atoms with Crippen molar-refractivity contribution in [2.75, 3.05) is 18.0 Å². The van der Waals surface area contributed by atoms with Crippen LogP contribution in [0.5, 0.6) is 0 Å². The van der Waals surface area contributed by atoms with Crippen molar-refractivity contribution in [2.24, 2.45) is 0 Å². The summed E-state index contributed by atoms with van der Waals surface area (Å²) < 4.78 is 1.79. The van der Waals surface area contributed by atoms with Crippen molar-refractivity contribution in [1.82, 2.24) is 25.1 Å². The van der Waals surface area contributed by atoms with Gasteiger partial charge in [0.1, 0.15) is 5.82 Å². The van der Waals surface area contributed by atoms with Gasteiger partial charge in [0.05, 0.1) is 0 Å². The number of carbonyl (C=O) groups excluding carboxylic acids is 1. The first-order valence-corrected chi connectivity index (χ1v) is 10.6. The molecule has 0 spiro atoms. The molecule has 3 heterocycles. The number of amides is 1. The van der Waals surface area contributed by atoms with Crippen LogP contribution in [-0.2, 0) is 0 Å². The Morgan fingerprint density at radius 3 is 2.61 bits per heavy atom. The van der Waals surface area contributed by atoms with E-state index in [2.05, 4.69) is 20.4 Å². The van der Waals surface area contributed by atoms with E-state index in [9.17, 15) is 4.79 Å². The molecule has 1 N–H and O–H groups in total. The second-order valence-corrected chi connectivity index (χ2v) is 7.98. The molecule has 1 amide bonds. The fraction of sp³-hybridized carbons (Fsp3) is 0.250. The van der Waals surface area contributed by atoms with Crippen LogP contribution in [0.4, 0.5) is 5.82 Å². The van der Waals surface area contributed by atoms with Crippen LogP contribution >= 0.6 is 0 Å². The summed E-state index contributed by atoms with van der Waals surface area (Å²) in [4.78, 5) is 14.9. The maximum atomic E-state index is 12.6. The zero-order chi connectivity index (χ0) is 21.2. The molecule has 2 aromatic carbocycles. The monoisotopic (exact) mass is 412 g/mol. The number of nitrogens with zero attached hydrogens (tertiary/aromatic N) is 5. The largest absolute Gasteiger partial charge is 0.353 e. The van der Waals surface area contributed by atoms with Crippen LogP contribution < -0.4 is 10.2 Å². The lowest BCUT2D eigenvalue weighted by atomic mass is 10.0. The van der Waals surface area contributed by atoms with Gasteiger partial charge in [-0.2, -0.15) is 4.52 Å². The highest BCUT2D eigenvalue weighted by molar-refractivity contribution is 5.94. The molecule has 0 radical (unpaired) electrons. The van der Waals surface area contributed by atoms with Crippen molar-refractivity contribution in [3.63, 3.8) is 0 Å². The fourth-order valence-corrected chi connectivity index (χ4v) is 3.99. The third-order valence-electron chi connectivity index (χ3n) is 5.68. The lowest BCUT2D eigenvalue weighted by molar-refractivity contribution is 0.0933. The second-order valence-electron chi connectivity index (χ2n) is 7.98. The number of fused-ring (bicyclic) bond motifs is 1. The van der Waals surface area contributed by atoms with Crippen molar-refractivity contribution in [2.45, 2.75) is 25.8 Å². The Bertz CT molecular complexity index is 1200. The number of aryl methyl sites for hydroxylation is 1. The molecule has 156 valence electrons. The normalized spacial score (nSPS) is 16.4. The number of carbonyl (C=O) groups is 1. The number of rotatable bonds is 4. The third-order valence-corrected chi connectivity index (χ3v) is 5.68. The Balaban J connectivity index is 1.35. The molecule has 7 nitrogen and oxygen atoms in total. The summed E-state index contributed by atoms with van der Waals surface area (Å²) in [5.41, 5.74) is 3.52. The highest BCUT2D eigenvalue weighted by Gasteiger charge is 2.23. The average molecular weight is 412 g/mol. The van der Waals surface area contributed by atoms with Crippen LogP contribution in [0.2, 0.25) is 0 Å². The van der Waals surface area contributed by atoms with Crippen LogP contribution in [0.15, 0.2) is 66.7 Å². The van der Waals surface area contributed by atoms with E-state index in [1.165, 1.54) is 0 Å². The number of hydrogen-bond donors (Lipinski definition) is 1. The van der Waals surface area contributed by atoms with Crippen LogP contribution in [0, 0.1) is 6.92 Å². The topological polar surface area (TPSA) is 75.4 Å². The fourth-order valence-electron chi connectivity index (χ4n) is 3.99. The zero-order valence-electron chi connectivity index (χ0n) is 17.4. The Kier molecular flexibility index (Phi) is 5.08. The number of anilines is 1. The summed E-state index contributed by atoms with van der Waals surface area (Å²) in [5, 5.41) is 16.6. The second kappa shape index (κ2) is 8.18. The Morgan fingerprint density at radius 1 is 1.00 bits per heavy atom. The number of hydrogen-bond acceptors (Lipinski definition) is 5. The third kappa shape index (κ3) is 3.99. The first-order chi connectivity index (χ1) is 15.2. The van der Waals surface area contributed by atoms with E-state index in [4.69, 9.17) is 5.10 Å². The summed E-state index contributed by atoms with van der Waals surface area (Å²) in [6, 6.07) is 21.6. The minimum atomic E-state index is -0.0274. The van der Waals surface area contributed by atoms with Crippen molar-refractivity contribution in [3.8, 4) is 11.4 Å². The van der Waals surface area contributed by atoms with Gasteiger partial charge in [0, 0.05) is 30.3 Å². The molecule has 1 aliphatic heterocycles. The van der Waals surface area contributed by atoms with Gasteiger partial charge in [-0.15, -0.1) is 15.3 Å². The van der Waals surface area contributed by atoms with Crippen LogP contribution in [0.3, 0.4) is 0 Å². The summed E-state index contributed by atoms with van der Waals surface area (Å²) in [6.07, 6.45) is 1.95. The van der Waals surface area contributed by atoms with E-state index in [-0.39, 0.29) is 11.9 Å². The summed E-state index contributed by atoms with van der Waals surface area (Å²) in [7, 11) is 0. The van der Waals surface area contributed by atoms with E-state index in [0.29, 0.717) is 11.2 Å². The molecule has 0 bridgehead atoms. The molecule has 1 atom stereocenters. The molecule has 5 rings (SSSR count). The van der Waals surface area contributed by atoms with Gasteiger partial charge in [-0.05, 0) is 44.0 Å². The molecule has 4 aromatic rings. The number of piperidine rings is 1. The number of aromatic nitrogens is 4. The van der Waals surface area contributed by atoms with Crippen molar-refractivity contribution < 1.29 is 4.79 Å². The maximum Gasteiger partial charge on any atom is 0.251 e.